The predicted molar refractivity (Wildman–Crippen MR) is 71.4 cm³/mol. The molecule has 4 atom stereocenters. The van der Waals surface area contributed by atoms with Crippen LogP contribution in [0.15, 0.2) is 5.38 Å². The fraction of sp³-hybridized carbons (Fsp3) is 0.769. The van der Waals surface area contributed by atoms with Gasteiger partial charge >= 0.3 is 0 Å². The van der Waals surface area contributed by atoms with Crippen LogP contribution in [0.5, 0.6) is 0 Å². The average molecular weight is 251 g/mol. The summed E-state index contributed by atoms with van der Waals surface area (Å²) < 4.78 is 0. The largest absolute Gasteiger partial charge is 0.305 e. The van der Waals surface area contributed by atoms with Crippen LogP contribution < -0.4 is 5.32 Å². The lowest BCUT2D eigenvalue weighted by Crippen LogP contribution is -2.44. The molecule has 0 saturated carbocycles. The second-order valence-electron chi connectivity index (χ2n) is 5.46. The summed E-state index contributed by atoms with van der Waals surface area (Å²) >= 11 is 1.78. The molecule has 4 heteroatoms. The maximum Gasteiger partial charge on any atom is 0.110 e. The molecule has 2 bridgehead atoms. The van der Waals surface area contributed by atoms with Crippen molar-refractivity contribution in [3.63, 3.8) is 0 Å². The van der Waals surface area contributed by atoms with Gasteiger partial charge in [0.05, 0.1) is 6.04 Å². The van der Waals surface area contributed by atoms with Crippen LogP contribution in [0.2, 0.25) is 0 Å². The number of nitrogens with one attached hydrogen (secondary N) is 1. The zero-order chi connectivity index (χ0) is 11.8. The topological polar surface area (TPSA) is 28.2 Å². The van der Waals surface area contributed by atoms with E-state index in [0.717, 1.165) is 11.6 Å². The van der Waals surface area contributed by atoms with E-state index < -0.39 is 0 Å². The SMILES string of the molecule is Cc1csc(C(C)NC2CCN3CCC2C3)n1. The number of hydrogen-bond acceptors (Lipinski definition) is 4. The summed E-state index contributed by atoms with van der Waals surface area (Å²) in [6, 6.07) is 1.11. The van der Waals surface area contributed by atoms with Gasteiger partial charge < -0.3 is 10.2 Å². The predicted octanol–water partition coefficient (Wildman–Crippen LogP) is 2.20. The molecule has 3 rings (SSSR count). The molecule has 0 aliphatic carbocycles. The van der Waals surface area contributed by atoms with Gasteiger partial charge in [0.15, 0.2) is 0 Å². The van der Waals surface area contributed by atoms with Crippen molar-refractivity contribution in [3.8, 4) is 0 Å². The van der Waals surface area contributed by atoms with E-state index in [4.69, 9.17) is 0 Å². The third kappa shape index (κ3) is 2.39. The highest BCUT2D eigenvalue weighted by Gasteiger charge is 2.34. The Morgan fingerprint density at radius 1 is 1.47 bits per heavy atom. The molecule has 2 saturated heterocycles. The number of aryl methyl sites for hydroxylation is 1. The molecule has 1 aromatic heterocycles. The van der Waals surface area contributed by atoms with E-state index in [1.165, 1.54) is 37.5 Å². The maximum atomic E-state index is 4.58. The lowest BCUT2D eigenvalue weighted by Gasteiger charge is -2.32. The van der Waals surface area contributed by atoms with Crippen LogP contribution in [0.4, 0.5) is 0 Å². The molecule has 0 aromatic carbocycles. The first-order valence-corrected chi connectivity index (χ1v) is 7.51. The molecule has 0 amide bonds. The number of thiazole rings is 1. The Labute approximate surface area is 107 Å². The van der Waals surface area contributed by atoms with E-state index >= 15 is 0 Å². The Balaban J connectivity index is 1.62. The fourth-order valence-corrected chi connectivity index (χ4v) is 3.95. The molecule has 1 aromatic rings. The van der Waals surface area contributed by atoms with Gasteiger partial charge in [0.1, 0.15) is 5.01 Å². The van der Waals surface area contributed by atoms with Gasteiger partial charge in [0.2, 0.25) is 0 Å². The van der Waals surface area contributed by atoms with Crippen LogP contribution in [0.1, 0.15) is 36.5 Å². The smallest absolute Gasteiger partial charge is 0.110 e. The second-order valence-corrected chi connectivity index (χ2v) is 6.35. The number of piperidine rings is 1. The highest BCUT2D eigenvalue weighted by Crippen LogP contribution is 2.29. The van der Waals surface area contributed by atoms with Gasteiger partial charge in [0.25, 0.3) is 0 Å². The molecule has 2 aliphatic heterocycles. The number of aromatic nitrogens is 1. The summed E-state index contributed by atoms with van der Waals surface area (Å²) in [5.74, 6) is 0.868. The molecule has 1 N–H and O–H groups in total. The Kier molecular flexibility index (Phi) is 3.19. The van der Waals surface area contributed by atoms with Crippen molar-refractivity contribution in [1.29, 1.82) is 0 Å². The fourth-order valence-electron chi connectivity index (χ4n) is 3.13. The van der Waals surface area contributed by atoms with Crippen molar-refractivity contribution >= 4 is 11.3 Å². The summed E-state index contributed by atoms with van der Waals surface area (Å²) in [5, 5.41) is 7.18. The molecular formula is C13H21N3S. The van der Waals surface area contributed by atoms with E-state index in [-0.39, 0.29) is 0 Å². The minimum Gasteiger partial charge on any atom is -0.305 e. The lowest BCUT2D eigenvalue weighted by molar-refractivity contribution is 0.212. The summed E-state index contributed by atoms with van der Waals surface area (Å²) in [5.41, 5.74) is 1.15. The molecule has 4 unspecified atom stereocenters. The van der Waals surface area contributed by atoms with Gasteiger partial charge in [-0.1, -0.05) is 0 Å². The zero-order valence-corrected chi connectivity index (χ0v) is 11.5. The molecule has 2 aliphatic rings. The normalized spacial score (nSPS) is 33.9. The average Bonchev–Trinajstić information content (AvgIpc) is 2.90. The van der Waals surface area contributed by atoms with E-state index in [2.05, 4.69) is 34.4 Å². The first-order valence-electron chi connectivity index (χ1n) is 6.63. The van der Waals surface area contributed by atoms with Crippen LogP contribution in [-0.2, 0) is 0 Å². The van der Waals surface area contributed by atoms with Gasteiger partial charge in [-0.2, -0.15) is 0 Å². The second kappa shape index (κ2) is 4.67. The van der Waals surface area contributed by atoms with Gasteiger partial charge in [0, 0.05) is 23.7 Å². The van der Waals surface area contributed by atoms with Crippen LogP contribution in [-0.4, -0.2) is 35.6 Å². The summed E-state index contributed by atoms with van der Waals surface area (Å²) in [4.78, 5) is 7.18. The van der Waals surface area contributed by atoms with Crippen LogP contribution in [0, 0.1) is 12.8 Å². The van der Waals surface area contributed by atoms with Gasteiger partial charge in [-0.25, -0.2) is 4.98 Å². The highest BCUT2D eigenvalue weighted by molar-refractivity contribution is 7.09. The van der Waals surface area contributed by atoms with Crippen molar-refractivity contribution in [2.45, 2.75) is 38.8 Å². The number of hydrogen-bond donors (Lipinski definition) is 1. The molecule has 17 heavy (non-hydrogen) atoms. The van der Waals surface area contributed by atoms with E-state index in [1.807, 2.05) is 0 Å². The van der Waals surface area contributed by atoms with Crippen molar-refractivity contribution in [2.75, 3.05) is 19.6 Å². The third-order valence-corrected chi connectivity index (χ3v) is 5.25. The minimum atomic E-state index is 0.408. The van der Waals surface area contributed by atoms with Crippen LogP contribution >= 0.6 is 11.3 Å². The van der Waals surface area contributed by atoms with Crippen molar-refractivity contribution < 1.29 is 0 Å². The minimum absolute atomic E-state index is 0.408. The molecule has 3 nitrogen and oxygen atoms in total. The monoisotopic (exact) mass is 251 g/mol. The number of nitrogens with zero attached hydrogens (tertiary/aromatic N) is 2. The third-order valence-electron chi connectivity index (χ3n) is 4.11. The molecule has 0 spiro atoms. The molecular weight excluding hydrogens is 230 g/mol. The Morgan fingerprint density at radius 2 is 2.29 bits per heavy atom. The number of rotatable bonds is 3. The summed E-state index contributed by atoms with van der Waals surface area (Å²) in [6.07, 6.45) is 2.68. The molecule has 94 valence electrons. The Hall–Kier alpha value is -0.450. The molecule has 3 heterocycles. The number of fused-ring (bicyclic) bond motifs is 2. The summed E-state index contributed by atoms with van der Waals surface area (Å²) in [6.45, 7) is 8.22. The highest BCUT2D eigenvalue weighted by atomic mass is 32.1. The summed E-state index contributed by atoms with van der Waals surface area (Å²) in [7, 11) is 0. The van der Waals surface area contributed by atoms with Crippen molar-refractivity contribution in [2.24, 2.45) is 5.92 Å². The van der Waals surface area contributed by atoms with Crippen LogP contribution in [0.25, 0.3) is 0 Å². The Morgan fingerprint density at radius 3 is 3.06 bits per heavy atom. The van der Waals surface area contributed by atoms with Gasteiger partial charge in [-0.3, -0.25) is 0 Å². The quantitative estimate of drug-likeness (QED) is 0.892. The lowest BCUT2D eigenvalue weighted by atomic mass is 9.93. The van der Waals surface area contributed by atoms with Gasteiger partial charge in [-0.15, -0.1) is 11.3 Å². The van der Waals surface area contributed by atoms with Crippen molar-refractivity contribution in [1.82, 2.24) is 15.2 Å². The first kappa shape index (κ1) is 11.6. The van der Waals surface area contributed by atoms with E-state index in [0.29, 0.717) is 12.1 Å². The van der Waals surface area contributed by atoms with E-state index in [1.54, 1.807) is 11.3 Å². The van der Waals surface area contributed by atoms with Crippen molar-refractivity contribution in [3.05, 3.63) is 16.1 Å². The van der Waals surface area contributed by atoms with Crippen LogP contribution in [0.3, 0.4) is 0 Å². The molecule has 0 radical (unpaired) electrons. The van der Waals surface area contributed by atoms with Gasteiger partial charge in [-0.05, 0) is 45.7 Å². The maximum absolute atomic E-state index is 4.58. The first-order chi connectivity index (χ1) is 8.22. The van der Waals surface area contributed by atoms with E-state index in [9.17, 15) is 0 Å². The standard InChI is InChI=1S/C13H21N3S/c1-9-8-17-13(14-9)10(2)15-12-4-6-16-5-3-11(12)7-16/h8,10-12,15H,3-7H2,1-2H3. The zero-order valence-electron chi connectivity index (χ0n) is 10.6. The Bertz CT molecular complexity index is 390. The molecule has 2 fully saturated rings.